The first-order valence-electron chi connectivity index (χ1n) is 7.75. The van der Waals surface area contributed by atoms with Crippen molar-refractivity contribution in [1.82, 2.24) is 9.80 Å². The quantitative estimate of drug-likeness (QED) is 0.903. The van der Waals surface area contributed by atoms with Crippen LogP contribution in [0.2, 0.25) is 0 Å². The Morgan fingerprint density at radius 2 is 2.19 bits per heavy atom. The minimum atomic E-state index is -0.439. The van der Waals surface area contributed by atoms with E-state index in [-0.39, 0.29) is 0 Å². The highest BCUT2D eigenvalue weighted by atomic mass is 16.5. The Kier molecular flexibility index (Phi) is 5.62. The van der Waals surface area contributed by atoms with Crippen LogP contribution >= 0.6 is 0 Å². The zero-order valence-corrected chi connectivity index (χ0v) is 13.7. The van der Waals surface area contributed by atoms with E-state index < -0.39 is 6.10 Å². The molecule has 1 fully saturated rings. The number of likely N-dealkylation sites (N-methyl/N-ethyl adjacent to an activating group) is 1. The molecule has 118 valence electrons. The second-order valence-electron chi connectivity index (χ2n) is 6.24. The summed E-state index contributed by atoms with van der Waals surface area (Å²) in [5.74, 6) is 0.909. The molecule has 2 unspecified atom stereocenters. The summed E-state index contributed by atoms with van der Waals surface area (Å²) in [7, 11) is 6.02. The monoisotopic (exact) mass is 292 g/mol. The fourth-order valence-corrected chi connectivity index (χ4v) is 3.02. The highest BCUT2D eigenvalue weighted by molar-refractivity contribution is 5.38. The molecule has 0 bridgehead atoms. The molecule has 2 rings (SSSR count). The van der Waals surface area contributed by atoms with Crippen molar-refractivity contribution in [3.63, 3.8) is 0 Å². The average Bonchev–Trinajstić information content (AvgIpc) is 2.47. The molecule has 1 aliphatic rings. The van der Waals surface area contributed by atoms with Crippen LogP contribution in [0.25, 0.3) is 0 Å². The van der Waals surface area contributed by atoms with Crippen molar-refractivity contribution in [3.05, 3.63) is 29.3 Å². The van der Waals surface area contributed by atoms with Gasteiger partial charge >= 0.3 is 0 Å². The van der Waals surface area contributed by atoms with E-state index in [0.717, 1.165) is 36.5 Å². The molecular weight excluding hydrogens is 264 g/mol. The number of hydrogen-bond donors (Lipinski definition) is 1. The molecule has 1 heterocycles. The Morgan fingerprint density at radius 3 is 2.81 bits per heavy atom. The highest BCUT2D eigenvalue weighted by Crippen LogP contribution is 2.26. The number of rotatable bonds is 5. The zero-order chi connectivity index (χ0) is 15.4. The van der Waals surface area contributed by atoms with Crippen LogP contribution < -0.4 is 4.74 Å². The first kappa shape index (κ1) is 16.3. The van der Waals surface area contributed by atoms with Crippen molar-refractivity contribution in [2.75, 3.05) is 34.3 Å². The van der Waals surface area contributed by atoms with E-state index in [1.54, 1.807) is 14.0 Å². The molecule has 1 saturated heterocycles. The van der Waals surface area contributed by atoms with Crippen LogP contribution in [0.15, 0.2) is 18.2 Å². The summed E-state index contributed by atoms with van der Waals surface area (Å²) < 4.78 is 5.48. The van der Waals surface area contributed by atoms with Crippen molar-refractivity contribution in [2.45, 2.75) is 38.5 Å². The van der Waals surface area contributed by atoms with E-state index in [4.69, 9.17) is 4.74 Å². The summed E-state index contributed by atoms with van der Waals surface area (Å²) in [6.07, 6.45) is 2.07. The van der Waals surface area contributed by atoms with Crippen molar-refractivity contribution >= 4 is 0 Å². The van der Waals surface area contributed by atoms with Gasteiger partial charge in [0.25, 0.3) is 0 Å². The molecule has 1 aromatic rings. The summed E-state index contributed by atoms with van der Waals surface area (Å²) in [4.78, 5) is 4.80. The van der Waals surface area contributed by atoms with Crippen LogP contribution in [0, 0.1) is 0 Å². The van der Waals surface area contributed by atoms with Crippen LogP contribution in [0.4, 0.5) is 0 Å². The standard InChI is InChI=1S/C17H28N2O2/c1-13(20)14-7-8-17(21-4)15(10-14)11-19-9-5-6-16(12-19)18(2)3/h7-8,10,13,16,20H,5-6,9,11-12H2,1-4H3. The van der Waals surface area contributed by atoms with Gasteiger partial charge in [0, 0.05) is 24.7 Å². The Morgan fingerprint density at radius 1 is 1.43 bits per heavy atom. The SMILES string of the molecule is COc1ccc(C(C)O)cc1CN1CCCC(N(C)C)C1. The fraction of sp³-hybridized carbons (Fsp3) is 0.647. The molecule has 1 aromatic carbocycles. The van der Waals surface area contributed by atoms with Gasteiger partial charge in [-0.15, -0.1) is 0 Å². The number of likely N-dealkylation sites (tertiary alicyclic amines) is 1. The van der Waals surface area contributed by atoms with Gasteiger partial charge in [0.05, 0.1) is 13.2 Å². The summed E-state index contributed by atoms with van der Waals surface area (Å²) in [6, 6.07) is 6.60. The van der Waals surface area contributed by atoms with E-state index in [9.17, 15) is 5.11 Å². The predicted octanol–water partition coefficient (Wildman–Crippen LogP) is 2.27. The number of aliphatic hydroxyl groups excluding tert-OH is 1. The van der Waals surface area contributed by atoms with E-state index in [1.807, 2.05) is 12.1 Å². The molecule has 1 N–H and O–H groups in total. The van der Waals surface area contributed by atoms with Gasteiger partial charge in [0.1, 0.15) is 5.75 Å². The first-order chi connectivity index (χ1) is 10.0. The molecule has 0 aromatic heterocycles. The number of methoxy groups -OCH3 is 1. The van der Waals surface area contributed by atoms with Gasteiger partial charge in [-0.05, 0) is 58.1 Å². The van der Waals surface area contributed by atoms with Crippen LogP contribution in [0.1, 0.15) is 37.0 Å². The molecule has 21 heavy (non-hydrogen) atoms. The number of hydrogen-bond acceptors (Lipinski definition) is 4. The number of aliphatic hydroxyl groups is 1. The van der Waals surface area contributed by atoms with E-state index in [1.165, 1.54) is 12.8 Å². The molecule has 2 atom stereocenters. The largest absolute Gasteiger partial charge is 0.496 e. The fourth-order valence-electron chi connectivity index (χ4n) is 3.02. The molecule has 0 aliphatic carbocycles. The van der Waals surface area contributed by atoms with Crippen molar-refractivity contribution in [2.24, 2.45) is 0 Å². The lowest BCUT2D eigenvalue weighted by atomic mass is 10.0. The van der Waals surface area contributed by atoms with Gasteiger partial charge in [0.2, 0.25) is 0 Å². The number of ether oxygens (including phenoxy) is 1. The molecule has 4 nitrogen and oxygen atoms in total. The molecule has 1 aliphatic heterocycles. The van der Waals surface area contributed by atoms with Gasteiger partial charge < -0.3 is 14.7 Å². The Balaban J connectivity index is 2.12. The maximum absolute atomic E-state index is 9.77. The van der Waals surface area contributed by atoms with Crippen LogP contribution in [-0.4, -0.2) is 55.2 Å². The minimum Gasteiger partial charge on any atom is -0.496 e. The smallest absolute Gasteiger partial charge is 0.123 e. The minimum absolute atomic E-state index is 0.439. The third-order valence-electron chi connectivity index (χ3n) is 4.39. The van der Waals surface area contributed by atoms with Gasteiger partial charge in [-0.3, -0.25) is 4.90 Å². The van der Waals surface area contributed by atoms with E-state index in [2.05, 4.69) is 30.0 Å². The van der Waals surface area contributed by atoms with Gasteiger partial charge in [-0.25, -0.2) is 0 Å². The second kappa shape index (κ2) is 7.25. The van der Waals surface area contributed by atoms with Gasteiger partial charge in [-0.2, -0.15) is 0 Å². The third-order valence-corrected chi connectivity index (χ3v) is 4.39. The van der Waals surface area contributed by atoms with E-state index in [0.29, 0.717) is 6.04 Å². The van der Waals surface area contributed by atoms with Crippen LogP contribution in [-0.2, 0) is 6.54 Å². The predicted molar refractivity (Wildman–Crippen MR) is 85.6 cm³/mol. The molecule has 0 saturated carbocycles. The summed E-state index contributed by atoms with van der Waals surface area (Å²) in [6.45, 7) is 4.91. The summed E-state index contributed by atoms with van der Waals surface area (Å²) in [5, 5.41) is 9.77. The van der Waals surface area contributed by atoms with E-state index >= 15 is 0 Å². The van der Waals surface area contributed by atoms with Gasteiger partial charge in [0.15, 0.2) is 0 Å². The Bertz CT molecular complexity index is 460. The summed E-state index contributed by atoms with van der Waals surface area (Å²) >= 11 is 0. The van der Waals surface area contributed by atoms with Crippen LogP contribution in [0.3, 0.4) is 0 Å². The molecule has 0 radical (unpaired) electrons. The molecular formula is C17H28N2O2. The zero-order valence-electron chi connectivity index (χ0n) is 13.7. The molecule has 0 amide bonds. The lowest BCUT2D eigenvalue weighted by molar-refractivity contribution is 0.127. The Labute approximate surface area is 128 Å². The molecule has 0 spiro atoms. The highest BCUT2D eigenvalue weighted by Gasteiger charge is 2.22. The van der Waals surface area contributed by atoms with Crippen molar-refractivity contribution in [1.29, 1.82) is 0 Å². The van der Waals surface area contributed by atoms with Crippen molar-refractivity contribution < 1.29 is 9.84 Å². The normalized spacial score (nSPS) is 21.5. The number of benzene rings is 1. The number of nitrogens with zero attached hydrogens (tertiary/aromatic N) is 2. The average molecular weight is 292 g/mol. The number of piperidine rings is 1. The van der Waals surface area contributed by atoms with Crippen LogP contribution in [0.5, 0.6) is 5.75 Å². The maximum Gasteiger partial charge on any atom is 0.123 e. The topological polar surface area (TPSA) is 35.9 Å². The lowest BCUT2D eigenvalue weighted by Crippen LogP contribution is -2.44. The van der Waals surface area contributed by atoms with Crippen molar-refractivity contribution in [3.8, 4) is 5.75 Å². The third kappa shape index (κ3) is 4.19. The second-order valence-corrected chi connectivity index (χ2v) is 6.24. The lowest BCUT2D eigenvalue weighted by Gasteiger charge is -2.36. The summed E-state index contributed by atoms with van der Waals surface area (Å²) in [5.41, 5.74) is 2.11. The first-order valence-corrected chi connectivity index (χ1v) is 7.75. The maximum atomic E-state index is 9.77. The van der Waals surface area contributed by atoms with Gasteiger partial charge in [-0.1, -0.05) is 6.07 Å². The Hall–Kier alpha value is -1.10. The molecule has 4 heteroatoms.